The van der Waals surface area contributed by atoms with Gasteiger partial charge in [-0.2, -0.15) is 18.6 Å². The summed E-state index contributed by atoms with van der Waals surface area (Å²) in [6.45, 7) is -0.872. The van der Waals surface area contributed by atoms with Crippen molar-refractivity contribution in [3.05, 3.63) is 71.2 Å². The quantitative estimate of drug-likeness (QED) is 0.348. The van der Waals surface area contributed by atoms with E-state index in [0.29, 0.717) is 39.6 Å². The van der Waals surface area contributed by atoms with Gasteiger partial charge in [-0.3, -0.25) is 4.79 Å². The van der Waals surface area contributed by atoms with E-state index in [-0.39, 0.29) is 24.0 Å². The van der Waals surface area contributed by atoms with Gasteiger partial charge in [-0.15, -0.1) is 0 Å². The highest BCUT2D eigenvalue weighted by atomic mass is 19.3. The minimum atomic E-state index is -2.96. The number of aromatic nitrogens is 4. The van der Waals surface area contributed by atoms with E-state index in [0.717, 1.165) is 18.5 Å². The summed E-state index contributed by atoms with van der Waals surface area (Å²) < 4.78 is 36.7. The Balaban J connectivity index is 1.51. The summed E-state index contributed by atoms with van der Waals surface area (Å²) in [5, 5.41) is 5.33. The van der Waals surface area contributed by atoms with Crippen molar-refractivity contribution in [2.45, 2.75) is 38.8 Å². The number of carbonyl (C=O) groups excluding carboxylic acids is 1. The van der Waals surface area contributed by atoms with Crippen LogP contribution < -0.4 is 9.47 Å². The molecule has 1 fully saturated rings. The van der Waals surface area contributed by atoms with Gasteiger partial charge in [0.15, 0.2) is 23.0 Å². The molecule has 186 valence electrons. The molecule has 0 saturated heterocycles. The molecule has 1 aromatic carbocycles. The van der Waals surface area contributed by atoms with Gasteiger partial charge in [0.1, 0.15) is 0 Å². The van der Waals surface area contributed by atoms with E-state index >= 15 is 0 Å². The van der Waals surface area contributed by atoms with Gasteiger partial charge in [0.25, 0.3) is 5.91 Å². The predicted molar refractivity (Wildman–Crippen MR) is 129 cm³/mol. The molecule has 5 rings (SSSR count). The Hall–Kier alpha value is -4.08. The van der Waals surface area contributed by atoms with Crippen LogP contribution in [0.15, 0.2) is 48.7 Å². The first-order chi connectivity index (χ1) is 17.4. The fraction of sp³-hybridized carbons (Fsp3) is 0.308. The molecule has 3 aromatic heterocycles. The number of hydrogen-bond donors (Lipinski definition) is 0. The number of alkyl halides is 2. The van der Waals surface area contributed by atoms with Crippen molar-refractivity contribution in [3.63, 3.8) is 0 Å². The molecular weight excluding hydrogens is 468 g/mol. The molecule has 0 bridgehead atoms. The van der Waals surface area contributed by atoms with Gasteiger partial charge in [0.05, 0.1) is 23.8 Å². The number of pyridine rings is 2. The lowest BCUT2D eigenvalue weighted by molar-refractivity contribution is -0.0512. The van der Waals surface area contributed by atoms with Gasteiger partial charge in [0, 0.05) is 31.4 Å². The lowest BCUT2D eigenvalue weighted by atomic mass is 10.1. The first-order valence-electron chi connectivity index (χ1n) is 11.5. The number of fused-ring (bicyclic) bond motifs is 1. The van der Waals surface area contributed by atoms with Gasteiger partial charge in [0.2, 0.25) is 0 Å². The highest BCUT2D eigenvalue weighted by Gasteiger charge is 2.30. The van der Waals surface area contributed by atoms with Gasteiger partial charge in [-0.25, -0.2) is 9.97 Å². The maximum absolute atomic E-state index is 13.7. The van der Waals surface area contributed by atoms with Crippen LogP contribution in [-0.4, -0.2) is 51.3 Å². The summed E-state index contributed by atoms with van der Waals surface area (Å²) in [6, 6.07) is 12.1. The largest absolute Gasteiger partial charge is 0.493 e. The van der Waals surface area contributed by atoms with Gasteiger partial charge in [-0.05, 0) is 55.7 Å². The molecule has 0 radical (unpaired) electrons. The van der Waals surface area contributed by atoms with Crippen LogP contribution in [0.4, 0.5) is 8.78 Å². The van der Waals surface area contributed by atoms with Crippen molar-refractivity contribution in [3.8, 4) is 17.3 Å². The lowest BCUT2D eigenvalue weighted by Crippen LogP contribution is -2.26. The van der Waals surface area contributed by atoms with E-state index in [1.165, 1.54) is 13.2 Å². The number of halogens is 2. The molecule has 36 heavy (non-hydrogen) atoms. The van der Waals surface area contributed by atoms with Crippen LogP contribution in [0.5, 0.6) is 11.5 Å². The minimum Gasteiger partial charge on any atom is -0.493 e. The summed E-state index contributed by atoms with van der Waals surface area (Å²) in [5.41, 5.74) is 3.37. The van der Waals surface area contributed by atoms with Gasteiger partial charge in [-0.1, -0.05) is 12.1 Å². The third-order valence-corrected chi connectivity index (χ3v) is 6.14. The summed E-state index contributed by atoms with van der Waals surface area (Å²) >= 11 is 0. The van der Waals surface area contributed by atoms with E-state index in [1.807, 2.05) is 31.2 Å². The number of ether oxygens (including phenoxy) is 2. The maximum atomic E-state index is 13.7. The van der Waals surface area contributed by atoms with Crippen LogP contribution in [0.25, 0.3) is 16.9 Å². The van der Waals surface area contributed by atoms with Crippen molar-refractivity contribution >= 4 is 16.9 Å². The Morgan fingerprint density at radius 1 is 1.19 bits per heavy atom. The topological polar surface area (TPSA) is 82.4 Å². The molecule has 1 aliphatic carbocycles. The Kier molecular flexibility index (Phi) is 6.26. The van der Waals surface area contributed by atoms with E-state index in [9.17, 15) is 13.6 Å². The van der Waals surface area contributed by atoms with Crippen molar-refractivity contribution in [1.29, 1.82) is 0 Å². The average molecular weight is 494 g/mol. The summed E-state index contributed by atoms with van der Waals surface area (Å²) in [6.07, 6.45) is 3.76. The molecule has 0 unspecified atom stereocenters. The van der Waals surface area contributed by atoms with Crippen molar-refractivity contribution < 1.29 is 23.0 Å². The molecule has 10 heteroatoms. The van der Waals surface area contributed by atoms with Crippen molar-refractivity contribution in [2.75, 3.05) is 14.2 Å². The number of carbonyl (C=O) groups is 1. The Morgan fingerprint density at radius 3 is 2.67 bits per heavy atom. The molecular formula is C26H25F2N5O3. The first-order valence-corrected chi connectivity index (χ1v) is 11.5. The minimum absolute atomic E-state index is 0.0623. The molecule has 0 atom stereocenters. The second-order valence-electron chi connectivity index (χ2n) is 8.78. The smallest absolute Gasteiger partial charge is 0.387 e. The van der Waals surface area contributed by atoms with Crippen LogP contribution in [0.2, 0.25) is 0 Å². The standard InChI is InChI=1S/C26H25F2N5O3/c1-15-23-18(25(34)32(2)14-16-7-10-20(36-26(27)28)21(12-16)35-3)13-19(17-8-9-17)30-24(23)33(31-15)22-6-4-5-11-29-22/h4-7,10-13,17,26H,8-9,14H2,1-3H3. The second-order valence-corrected chi connectivity index (χ2v) is 8.78. The van der Waals surface area contributed by atoms with E-state index in [2.05, 4.69) is 14.8 Å². The zero-order valence-corrected chi connectivity index (χ0v) is 20.1. The van der Waals surface area contributed by atoms with E-state index in [4.69, 9.17) is 9.72 Å². The monoisotopic (exact) mass is 493 g/mol. The molecule has 8 nitrogen and oxygen atoms in total. The fourth-order valence-corrected chi connectivity index (χ4v) is 4.26. The normalized spacial score (nSPS) is 13.3. The predicted octanol–water partition coefficient (Wildman–Crippen LogP) is 4.88. The lowest BCUT2D eigenvalue weighted by Gasteiger charge is -2.19. The number of methoxy groups -OCH3 is 1. The molecule has 4 aromatic rings. The fourth-order valence-electron chi connectivity index (χ4n) is 4.26. The molecule has 3 heterocycles. The van der Waals surface area contributed by atoms with Crippen molar-refractivity contribution in [1.82, 2.24) is 24.6 Å². The Morgan fingerprint density at radius 2 is 2.00 bits per heavy atom. The second kappa shape index (κ2) is 9.52. The molecule has 0 N–H and O–H groups in total. The van der Waals surface area contributed by atoms with E-state index < -0.39 is 6.61 Å². The zero-order chi connectivity index (χ0) is 25.4. The number of rotatable bonds is 8. The van der Waals surface area contributed by atoms with E-state index in [1.54, 1.807) is 35.0 Å². The zero-order valence-electron chi connectivity index (χ0n) is 20.1. The highest BCUT2D eigenvalue weighted by Crippen LogP contribution is 2.41. The SMILES string of the molecule is COc1cc(CN(C)C(=O)c2cc(C3CC3)nc3c2c(C)nn3-c2ccccn2)ccc1OC(F)F. The molecule has 1 saturated carbocycles. The number of nitrogens with zero attached hydrogens (tertiary/aromatic N) is 5. The number of aryl methyl sites for hydroxylation is 1. The summed E-state index contributed by atoms with van der Waals surface area (Å²) in [5.74, 6) is 0.863. The van der Waals surface area contributed by atoms with Gasteiger partial charge >= 0.3 is 6.61 Å². The number of amides is 1. The van der Waals surface area contributed by atoms with Crippen LogP contribution in [0.3, 0.4) is 0 Å². The third-order valence-electron chi connectivity index (χ3n) is 6.14. The third kappa shape index (κ3) is 4.58. The summed E-state index contributed by atoms with van der Waals surface area (Å²) in [4.78, 5) is 24.6. The van der Waals surface area contributed by atoms with Crippen LogP contribution in [0, 0.1) is 6.92 Å². The first kappa shape index (κ1) is 23.7. The Labute approximate surface area is 206 Å². The van der Waals surface area contributed by atoms with Crippen LogP contribution in [0.1, 0.15) is 46.1 Å². The molecule has 0 aliphatic heterocycles. The van der Waals surface area contributed by atoms with Crippen LogP contribution in [-0.2, 0) is 6.54 Å². The average Bonchev–Trinajstić information content (AvgIpc) is 3.67. The molecule has 1 amide bonds. The highest BCUT2D eigenvalue weighted by molar-refractivity contribution is 6.06. The Bertz CT molecular complexity index is 1420. The number of hydrogen-bond acceptors (Lipinski definition) is 6. The number of benzene rings is 1. The van der Waals surface area contributed by atoms with Crippen molar-refractivity contribution in [2.24, 2.45) is 0 Å². The maximum Gasteiger partial charge on any atom is 0.387 e. The van der Waals surface area contributed by atoms with Gasteiger partial charge < -0.3 is 14.4 Å². The summed E-state index contributed by atoms with van der Waals surface area (Å²) in [7, 11) is 3.07. The molecule has 0 spiro atoms. The molecule has 1 aliphatic rings. The van der Waals surface area contributed by atoms with Crippen LogP contribution >= 0.6 is 0 Å².